The SMILES string of the molecule is CC(C)C(CCN)CCC(=O)Nc1cccnc1N(C)C. The average Bonchev–Trinajstić information content (AvgIpc) is 2.43. The topological polar surface area (TPSA) is 71.2 Å². The summed E-state index contributed by atoms with van der Waals surface area (Å²) >= 11 is 0. The molecule has 118 valence electrons. The van der Waals surface area contributed by atoms with Crippen LogP contribution in [0.1, 0.15) is 33.1 Å². The molecule has 1 atom stereocenters. The van der Waals surface area contributed by atoms with Gasteiger partial charge in [0, 0.05) is 26.7 Å². The molecule has 0 radical (unpaired) electrons. The number of nitrogens with one attached hydrogen (secondary N) is 1. The minimum absolute atomic E-state index is 0.0359. The van der Waals surface area contributed by atoms with Crippen LogP contribution < -0.4 is 16.0 Å². The van der Waals surface area contributed by atoms with E-state index in [1.54, 1.807) is 6.20 Å². The van der Waals surface area contributed by atoms with Crippen molar-refractivity contribution in [2.75, 3.05) is 30.9 Å². The lowest BCUT2D eigenvalue weighted by atomic mass is 9.88. The lowest BCUT2D eigenvalue weighted by Crippen LogP contribution is -2.20. The molecule has 1 aromatic rings. The fourth-order valence-electron chi connectivity index (χ4n) is 2.41. The van der Waals surface area contributed by atoms with E-state index in [1.165, 1.54) is 0 Å². The summed E-state index contributed by atoms with van der Waals surface area (Å²) in [7, 11) is 3.82. The summed E-state index contributed by atoms with van der Waals surface area (Å²) < 4.78 is 0. The number of amides is 1. The molecule has 1 heterocycles. The lowest BCUT2D eigenvalue weighted by Gasteiger charge is -2.20. The lowest BCUT2D eigenvalue weighted by molar-refractivity contribution is -0.116. The summed E-state index contributed by atoms with van der Waals surface area (Å²) in [5, 5.41) is 2.95. The zero-order chi connectivity index (χ0) is 15.8. The second-order valence-electron chi connectivity index (χ2n) is 5.94. The van der Waals surface area contributed by atoms with Gasteiger partial charge < -0.3 is 16.0 Å². The smallest absolute Gasteiger partial charge is 0.224 e. The molecular formula is C16H28N4O. The van der Waals surface area contributed by atoms with Crippen molar-refractivity contribution >= 4 is 17.4 Å². The monoisotopic (exact) mass is 292 g/mol. The maximum atomic E-state index is 12.1. The van der Waals surface area contributed by atoms with Crippen molar-refractivity contribution in [1.82, 2.24) is 4.98 Å². The predicted octanol–water partition coefficient (Wildman–Crippen LogP) is 2.49. The van der Waals surface area contributed by atoms with Gasteiger partial charge in [-0.25, -0.2) is 4.98 Å². The second-order valence-corrected chi connectivity index (χ2v) is 5.94. The molecule has 0 saturated heterocycles. The summed E-state index contributed by atoms with van der Waals surface area (Å²) in [5.41, 5.74) is 6.39. The number of carbonyl (C=O) groups excluding carboxylic acids is 1. The highest BCUT2D eigenvalue weighted by Crippen LogP contribution is 2.23. The molecule has 5 nitrogen and oxygen atoms in total. The van der Waals surface area contributed by atoms with E-state index in [1.807, 2.05) is 31.1 Å². The highest BCUT2D eigenvalue weighted by atomic mass is 16.1. The third kappa shape index (κ3) is 5.71. The average molecular weight is 292 g/mol. The first-order chi connectivity index (χ1) is 9.95. The molecule has 0 bridgehead atoms. The summed E-state index contributed by atoms with van der Waals surface area (Å²) in [6.45, 7) is 5.05. The van der Waals surface area contributed by atoms with Crippen LogP contribution in [0, 0.1) is 11.8 Å². The number of hydrogen-bond acceptors (Lipinski definition) is 4. The number of anilines is 2. The number of rotatable bonds is 8. The maximum absolute atomic E-state index is 12.1. The number of pyridine rings is 1. The van der Waals surface area contributed by atoms with Crippen molar-refractivity contribution in [3.05, 3.63) is 18.3 Å². The fraction of sp³-hybridized carbons (Fsp3) is 0.625. The van der Waals surface area contributed by atoms with Crippen molar-refractivity contribution in [1.29, 1.82) is 0 Å². The summed E-state index contributed by atoms with van der Waals surface area (Å²) in [4.78, 5) is 18.3. The number of nitrogens with two attached hydrogens (primary N) is 1. The molecule has 1 aromatic heterocycles. The minimum atomic E-state index is 0.0359. The molecule has 1 unspecified atom stereocenters. The van der Waals surface area contributed by atoms with E-state index in [-0.39, 0.29) is 5.91 Å². The van der Waals surface area contributed by atoms with Gasteiger partial charge in [-0.2, -0.15) is 0 Å². The van der Waals surface area contributed by atoms with E-state index in [2.05, 4.69) is 24.1 Å². The van der Waals surface area contributed by atoms with Crippen molar-refractivity contribution in [3.8, 4) is 0 Å². The Balaban J connectivity index is 2.58. The van der Waals surface area contributed by atoms with Crippen LogP contribution >= 0.6 is 0 Å². The molecule has 0 spiro atoms. The Kier molecular flexibility index (Phi) is 7.15. The molecule has 5 heteroatoms. The largest absolute Gasteiger partial charge is 0.361 e. The van der Waals surface area contributed by atoms with Crippen molar-refractivity contribution in [2.45, 2.75) is 33.1 Å². The normalized spacial score (nSPS) is 12.3. The first-order valence-electron chi connectivity index (χ1n) is 7.58. The van der Waals surface area contributed by atoms with E-state index in [9.17, 15) is 4.79 Å². The number of nitrogens with zero attached hydrogens (tertiary/aromatic N) is 2. The molecular weight excluding hydrogens is 264 g/mol. The van der Waals surface area contributed by atoms with Gasteiger partial charge in [0.1, 0.15) is 0 Å². The Morgan fingerprint density at radius 1 is 1.38 bits per heavy atom. The molecule has 0 saturated carbocycles. The molecule has 0 aliphatic heterocycles. The standard InChI is InChI=1S/C16H28N4O/c1-12(2)13(9-10-17)7-8-15(21)19-14-6-5-11-18-16(14)20(3)4/h5-6,11-13H,7-10,17H2,1-4H3,(H,19,21). The number of hydrogen-bond donors (Lipinski definition) is 2. The van der Waals surface area contributed by atoms with E-state index in [0.717, 1.165) is 24.3 Å². The Morgan fingerprint density at radius 3 is 2.67 bits per heavy atom. The molecule has 1 rings (SSSR count). The molecule has 0 fully saturated rings. The Labute approximate surface area is 127 Å². The van der Waals surface area contributed by atoms with E-state index >= 15 is 0 Å². The molecule has 21 heavy (non-hydrogen) atoms. The van der Waals surface area contributed by atoms with Gasteiger partial charge in [0.2, 0.25) is 5.91 Å². The Bertz CT molecular complexity index is 446. The van der Waals surface area contributed by atoms with Gasteiger partial charge in [-0.05, 0) is 43.4 Å². The Hall–Kier alpha value is -1.62. The molecule has 0 aromatic carbocycles. The van der Waals surface area contributed by atoms with Gasteiger partial charge in [0.25, 0.3) is 0 Å². The van der Waals surface area contributed by atoms with E-state index in [4.69, 9.17) is 5.73 Å². The van der Waals surface area contributed by atoms with Crippen molar-refractivity contribution in [3.63, 3.8) is 0 Å². The van der Waals surface area contributed by atoms with Gasteiger partial charge in [-0.3, -0.25) is 4.79 Å². The second kappa shape index (κ2) is 8.62. The van der Waals surface area contributed by atoms with Crippen LogP contribution in [0.25, 0.3) is 0 Å². The Morgan fingerprint density at radius 2 is 2.10 bits per heavy atom. The van der Waals surface area contributed by atoms with Crippen LogP contribution in [0.15, 0.2) is 18.3 Å². The predicted molar refractivity (Wildman–Crippen MR) is 88.4 cm³/mol. The zero-order valence-electron chi connectivity index (χ0n) is 13.6. The quantitative estimate of drug-likeness (QED) is 0.772. The molecule has 0 aliphatic carbocycles. The summed E-state index contributed by atoms with van der Waals surface area (Å²) in [6.07, 6.45) is 4.09. The highest BCUT2D eigenvalue weighted by molar-refractivity contribution is 5.93. The van der Waals surface area contributed by atoms with E-state index < -0.39 is 0 Å². The third-order valence-corrected chi connectivity index (χ3v) is 3.71. The molecule has 0 aliphatic rings. The van der Waals surface area contributed by atoms with Crippen LogP contribution in [-0.4, -0.2) is 31.5 Å². The van der Waals surface area contributed by atoms with Crippen molar-refractivity contribution in [2.24, 2.45) is 17.6 Å². The van der Waals surface area contributed by atoms with Crippen molar-refractivity contribution < 1.29 is 4.79 Å². The van der Waals surface area contributed by atoms with Gasteiger partial charge in [-0.1, -0.05) is 13.8 Å². The summed E-state index contributed by atoms with van der Waals surface area (Å²) in [6, 6.07) is 3.70. The van der Waals surface area contributed by atoms with Gasteiger partial charge in [-0.15, -0.1) is 0 Å². The number of carbonyl (C=O) groups is 1. The molecule has 3 N–H and O–H groups in total. The fourth-order valence-corrected chi connectivity index (χ4v) is 2.41. The first kappa shape index (κ1) is 17.4. The van der Waals surface area contributed by atoms with E-state index in [0.29, 0.717) is 24.8 Å². The van der Waals surface area contributed by atoms with Crippen LogP contribution in [0.4, 0.5) is 11.5 Å². The van der Waals surface area contributed by atoms with Crippen LogP contribution in [0.3, 0.4) is 0 Å². The first-order valence-corrected chi connectivity index (χ1v) is 7.58. The third-order valence-electron chi connectivity index (χ3n) is 3.71. The van der Waals surface area contributed by atoms with Crippen LogP contribution in [-0.2, 0) is 4.79 Å². The minimum Gasteiger partial charge on any atom is -0.361 e. The number of aromatic nitrogens is 1. The van der Waals surface area contributed by atoms with Gasteiger partial charge >= 0.3 is 0 Å². The summed E-state index contributed by atoms with van der Waals surface area (Å²) in [5.74, 6) is 1.86. The maximum Gasteiger partial charge on any atom is 0.224 e. The highest BCUT2D eigenvalue weighted by Gasteiger charge is 2.15. The zero-order valence-corrected chi connectivity index (χ0v) is 13.6. The van der Waals surface area contributed by atoms with Crippen LogP contribution in [0.5, 0.6) is 0 Å². The van der Waals surface area contributed by atoms with Crippen LogP contribution in [0.2, 0.25) is 0 Å². The van der Waals surface area contributed by atoms with Gasteiger partial charge in [0.15, 0.2) is 5.82 Å². The van der Waals surface area contributed by atoms with Gasteiger partial charge in [0.05, 0.1) is 5.69 Å². The molecule has 1 amide bonds.